The van der Waals surface area contributed by atoms with Gasteiger partial charge in [-0.05, 0) is 38.8 Å². The zero-order valence-corrected chi connectivity index (χ0v) is 18.4. The van der Waals surface area contributed by atoms with E-state index < -0.39 is 6.10 Å². The molecule has 1 aromatic carbocycles. The first-order valence-electron chi connectivity index (χ1n) is 11.2. The second kappa shape index (κ2) is 8.94. The van der Waals surface area contributed by atoms with Crippen LogP contribution in [0.1, 0.15) is 33.6 Å². The zero-order valence-electron chi connectivity index (χ0n) is 18.4. The summed E-state index contributed by atoms with van der Waals surface area (Å²) < 4.78 is 6.00. The van der Waals surface area contributed by atoms with Gasteiger partial charge in [-0.1, -0.05) is 12.1 Å². The van der Waals surface area contributed by atoms with Crippen LogP contribution in [0.3, 0.4) is 0 Å². The third-order valence-corrected chi connectivity index (χ3v) is 6.80. The minimum absolute atomic E-state index is 0.00108. The predicted molar refractivity (Wildman–Crippen MR) is 117 cm³/mol. The van der Waals surface area contributed by atoms with Crippen molar-refractivity contribution in [1.29, 1.82) is 0 Å². The topological polar surface area (TPSA) is 56.3 Å². The molecule has 0 spiro atoms. The van der Waals surface area contributed by atoms with Crippen LogP contribution in [-0.2, 0) is 9.59 Å². The van der Waals surface area contributed by atoms with Crippen LogP contribution < -0.4 is 9.64 Å². The number of hydrogen-bond acceptors (Lipinski definition) is 5. The monoisotopic (exact) mass is 414 g/mol. The maximum Gasteiger partial charge on any atom is 0.265 e. The fourth-order valence-electron chi connectivity index (χ4n) is 4.94. The van der Waals surface area contributed by atoms with Crippen molar-refractivity contribution in [3.63, 3.8) is 0 Å². The number of rotatable bonds is 3. The molecule has 4 rings (SSSR count). The number of piperazine rings is 1. The second-order valence-electron chi connectivity index (χ2n) is 8.93. The fraction of sp³-hybridized carbons (Fsp3) is 0.652. The quantitative estimate of drug-likeness (QED) is 0.755. The molecule has 1 atom stereocenters. The number of likely N-dealkylation sites (tertiary alicyclic amines) is 1. The lowest BCUT2D eigenvalue weighted by Crippen LogP contribution is -2.57. The van der Waals surface area contributed by atoms with Gasteiger partial charge in [-0.15, -0.1) is 0 Å². The van der Waals surface area contributed by atoms with Crippen LogP contribution in [0.15, 0.2) is 24.3 Å². The van der Waals surface area contributed by atoms with Crippen LogP contribution in [0.4, 0.5) is 5.69 Å². The van der Waals surface area contributed by atoms with Gasteiger partial charge < -0.3 is 14.5 Å². The summed E-state index contributed by atoms with van der Waals surface area (Å²) in [5, 5.41) is 0. The van der Waals surface area contributed by atoms with Gasteiger partial charge in [0.15, 0.2) is 6.10 Å². The van der Waals surface area contributed by atoms with Crippen molar-refractivity contribution in [3.05, 3.63) is 24.3 Å². The number of hydrogen-bond donors (Lipinski definition) is 0. The lowest BCUT2D eigenvalue weighted by molar-refractivity contribution is -0.140. The van der Waals surface area contributed by atoms with E-state index in [-0.39, 0.29) is 18.4 Å². The summed E-state index contributed by atoms with van der Waals surface area (Å²) in [5.74, 6) is 0.539. The molecule has 2 amide bonds. The van der Waals surface area contributed by atoms with Gasteiger partial charge in [0.1, 0.15) is 5.75 Å². The van der Waals surface area contributed by atoms with Crippen molar-refractivity contribution in [2.24, 2.45) is 0 Å². The van der Waals surface area contributed by atoms with Gasteiger partial charge >= 0.3 is 0 Å². The standard InChI is InChI=1S/C23H34N4O3/c1-17(2)24-12-14-25(15-13-24)19-8-10-26(11-9-19)23(29)22-16-27(18(3)28)20-6-4-5-7-21(20)30-22/h4-7,17,19,22H,8-16H2,1-3H3. The van der Waals surface area contributed by atoms with E-state index in [1.807, 2.05) is 29.2 Å². The highest BCUT2D eigenvalue weighted by atomic mass is 16.5. The molecule has 7 heteroatoms. The largest absolute Gasteiger partial charge is 0.476 e. The van der Waals surface area contributed by atoms with Gasteiger partial charge in [0, 0.05) is 58.3 Å². The van der Waals surface area contributed by atoms with Crippen molar-refractivity contribution in [3.8, 4) is 5.75 Å². The number of amides is 2. The van der Waals surface area contributed by atoms with E-state index >= 15 is 0 Å². The summed E-state index contributed by atoms with van der Waals surface area (Å²) in [6.07, 6.45) is 1.38. The van der Waals surface area contributed by atoms with Crippen molar-refractivity contribution in [2.45, 2.75) is 51.8 Å². The Morgan fingerprint density at radius 2 is 1.67 bits per heavy atom. The van der Waals surface area contributed by atoms with E-state index in [0.717, 1.165) is 57.8 Å². The molecule has 3 aliphatic rings. The number of carbonyl (C=O) groups is 2. The second-order valence-corrected chi connectivity index (χ2v) is 8.93. The van der Waals surface area contributed by atoms with Gasteiger partial charge in [-0.25, -0.2) is 0 Å². The van der Waals surface area contributed by atoms with Crippen molar-refractivity contribution in [2.75, 3.05) is 50.7 Å². The highest BCUT2D eigenvalue weighted by Crippen LogP contribution is 2.33. The third-order valence-electron chi connectivity index (χ3n) is 6.80. The van der Waals surface area contributed by atoms with Crippen LogP contribution in [0.5, 0.6) is 5.75 Å². The normalized spacial score (nSPS) is 23.9. The molecule has 3 aliphatic heterocycles. The molecule has 2 fully saturated rings. The Morgan fingerprint density at radius 1 is 1.00 bits per heavy atom. The SMILES string of the molecule is CC(=O)N1CC(C(=O)N2CCC(N3CCN(C(C)C)CC3)CC2)Oc2ccccc21. The Hall–Kier alpha value is -2.12. The number of piperidine rings is 1. The van der Waals surface area contributed by atoms with Crippen molar-refractivity contribution < 1.29 is 14.3 Å². The van der Waals surface area contributed by atoms with E-state index in [2.05, 4.69) is 23.6 Å². The number of fused-ring (bicyclic) bond motifs is 1. The number of anilines is 1. The summed E-state index contributed by atoms with van der Waals surface area (Å²) in [7, 11) is 0. The maximum atomic E-state index is 13.2. The summed E-state index contributed by atoms with van der Waals surface area (Å²) in [4.78, 5) is 34.0. The van der Waals surface area contributed by atoms with Crippen molar-refractivity contribution >= 4 is 17.5 Å². The van der Waals surface area contributed by atoms with E-state index in [1.54, 1.807) is 4.90 Å². The first-order valence-corrected chi connectivity index (χ1v) is 11.2. The molecule has 2 saturated heterocycles. The van der Waals surface area contributed by atoms with Gasteiger partial charge in [0.05, 0.1) is 12.2 Å². The Bertz CT molecular complexity index is 767. The lowest BCUT2D eigenvalue weighted by atomic mass is 10.0. The van der Waals surface area contributed by atoms with E-state index in [1.165, 1.54) is 6.92 Å². The number of carbonyl (C=O) groups excluding carboxylic acids is 2. The molecule has 3 heterocycles. The molecular formula is C23H34N4O3. The van der Waals surface area contributed by atoms with E-state index in [9.17, 15) is 9.59 Å². The molecule has 0 N–H and O–H groups in total. The summed E-state index contributed by atoms with van der Waals surface area (Å²) in [6, 6.07) is 8.61. The number of para-hydroxylation sites is 2. The average Bonchev–Trinajstić information content (AvgIpc) is 2.78. The van der Waals surface area contributed by atoms with Gasteiger partial charge in [-0.2, -0.15) is 0 Å². The Balaban J connectivity index is 1.33. The molecule has 0 saturated carbocycles. The zero-order chi connectivity index (χ0) is 21.3. The highest BCUT2D eigenvalue weighted by molar-refractivity contribution is 5.95. The minimum Gasteiger partial charge on any atom is -0.476 e. The first kappa shape index (κ1) is 21.1. The molecule has 1 aromatic rings. The Morgan fingerprint density at radius 3 is 2.30 bits per heavy atom. The number of benzene rings is 1. The Labute approximate surface area is 179 Å². The molecule has 7 nitrogen and oxygen atoms in total. The summed E-state index contributed by atoms with van der Waals surface area (Å²) in [6.45, 7) is 12.4. The fourth-order valence-corrected chi connectivity index (χ4v) is 4.94. The van der Waals surface area contributed by atoms with Gasteiger partial charge in [0.2, 0.25) is 5.91 Å². The molecule has 0 aromatic heterocycles. The van der Waals surface area contributed by atoms with Crippen LogP contribution in [0.2, 0.25) is 0 Å². The lowest BCUT2D eigenvalue weighted by Gasteiger charge is -2.44. The third kappa shape index (κ3) is 4.32. The van der Waals surface area contributed by atoms with Crippen LogP contribution >= 0.6 is 0 Å². The van der Waals surface area contributed by atoms with Gasteiger partial charge in [0.25, 0.3) is 5.91 Å². The molecule has 0 bridgehead atoms. The molecule has 30 heavy (non-hydrogen) atoms. The average molecular weight is 415 g/mol. The summed E-state index contributed by atoms with van der Waals surface area (Å²) >= 11 is 0. The van der Waals surface area contributed by atoms with Crippen LogP contribution in [0, 0.1) is 0 Å². The van der Waals surface area contributed by atoms with Crippen molar-refractivity contribution in [1.82, 2.24) is 14.7 Å². The molecule has 164 valence electrons. The van der Waals surface area contributed by atoms with Crippen LogP contribution in [0.25, 0.3) is 0 Å². The Kier molecular flexibility index (Phi) is 6.29. The number of ether oxygens (including phenoxy) is 1. The number of nitrogens with zero attached hydrogens (tertiary/aromatic N) is 4. The minimum atomic E-state index is -0.630. The first-order chi connectivity index (χ1) is 14.4. The molecular weight excluding hydrogens is 380 g/mol. The predicted octanol–water partition coefficient (Wildman–Crippen LogP) is 1.82. The molecule has 1 unspecified atom stereocenters. The van der Waals surface area contributed by atoms with E-state index in [4.69, 9.17) is 4.74 Å². The van der Waals surface area contributed by atoms with Crippen LogP contribution in [-0.4, -0.2) is 90.5 Å². The molecule has 0 radical (unpaired) electrons. The van der Waals surface area contributed by atoms with E-state index in [0.29, 0.717) is 17.8 Å². The smallest absolute Gasteiger partial charge is 0.265 e. The highest BCUT2D eigenvalue weighted by Gasteiger charge is 2.37. The maximum absolute atomic E-state index is 13.2. The molecule has 0 aliphatic carbocycles. The van der Waals surface area contributed by atoms with Gasteiger partial charge in [-0.3, -0.25) is 19.4 Å². The summed E-state index contributed by atoms with van der Waals surface area (Å²) in [5.41, 5.74) is 0.744.